The number of benzene rings is 3. The average Bonchev–Trinajstić information content (AvgIpc) is 3.12. The Kier molecular flexibility index (Phi) is 6.36. The Hall–Kier alpha value is -4.86. The third-order valence-electron chi connectivity index (χ3n) is 5.50. The molecule has 0 aromatic heterocycles. The number of esters is 1. The van der Waals surface area contributed by atoms with Crippen LogP contribution in [0.5, 0.6) is 0 Å². The van der Waals surface area contributed by atoms with Gasteiger partial charge in [0.15, 0.2) is 6.61 Å². The summed E-state index contributed by atoms with van der Waals surface area (Å²) in [5.74, 6) is -2.55. The van der Waals surface area contributed by atoms with Crippen molar-refractivity contribution >= 4 is 35.1 Å². The molecule has 1 aliphatic rings. The summed E-state index contributed by atoms with van der Waals surface area (Å²) in [6.07, 6.45) is 0. The maximum atomic E-state index is 13.0. The summed E-state index contributed by atoms with van der Waals surface area (Å²) < 4.78 is 5.01. The van der Waals surface area contributed by atoms with Crippen LogP contribution in [0.25, 0.3) is 0 Å². The predicted molar refractivity (Wildman–Crippen MR) is 124 cm³/mol. The lowest BCUT2D eigenvalue weighted by Gasteiger charge is -2.22. The number of non-ortho nitro benzene ring substituents is 1. The normalized spacial score (nSPS) is 13.2. The van der Waals surface area contributed by atoms with E-state index < -0.39 is 41.3 Å². The molecule has 1 atom stereocenters. The third-order valence-corrected chi connectivity index (χ3v) is 5.50. The van der Waals surface area contributed by atoms with Gasteiger partial charge in [-0.1, -0.05) is 36.4 Å². The minimum absolute atomic E-state index is 0.00210. The van der Waals surface area contributed by atoms with Crippen molar-refractivity contribution in [2.45, 2.75) is 13.0 Å². The standard InChI is InChI=1S/C25H19N3O7/c1-15(16-6-3-2-4-7-16)27-23(30)20-11-10-17(12-21(20)24(27)31)25(32)35-14-22(29)26-18-8-5-9-19(13-18)28(33)34/h2-13,15H,14H2,1H3,(H,26,29)/t15-/m1/s1. The first kappa shape index (κ1) is 23.3. The highest BCUT2D eigenvalue weighted by molar-refractivity contribution is 6.22. The lowest BCUT2D eigenvalue weighted by molar-refractivity contribution is -0.384. The van der Waals surface area contributed by atoms with Crippen LogP contribution in [0.2, 0.25) is 0 Å². The van der Waals surface area contributed by atoms with Crippen molar-refractivity contribution in [2.75, 3.05) is 11.9 Å². The molecule has 1 aliphatic heterocycles. The average molecular weight is 473 g/mol. The number of rotatable bonds is 7. The number of amides is 3. The zero-order valence-electron chi connectivity index (χ0n) is 18.5. The molecule has 10 nitrogen and oxygen atoms in total. The molecule has 0 bridgehead atoms. The van der Waals surface area contributed by atoms with Gasteiger partial charge in [0, 0.05) is 17.8 Å². The Balaban J connectivity index is 1.42. The lowest BCUT2D eigenvalue weighted by atomic mass is 10.1. The number of fused-ring (bicyclic) bond motifs is 1. The number of nitrogens with one attached hydrogen (secondary N) is 1. The Morgan fingerprint density at radius 3 is 2.40 bits per heavy atom. The lowest BCUT2D eigenvalue weighted by Crippen LogP contribution is -2.32. The highest BCUT2D eigenvalue weighted by Gasteiger charge is 2.39. The number of hydrogen-bond donors (Lipinski definition) is 1. The molecule has 0 radical (unpaired) electrons. The first-order valence-corrected chi connectivity index (χ1v) is 10.5. The minimum atomic E-state index is -0.864. The van der Waals surface area contributed by atoms with Gasteiger partial charge in [-0.25, -0.2) is 4.79 Å². The van der Waals surface area contributed by atoms with Crippen molar-refractivity contribution in [2.24, 2.45) is 0 Å². The molecular formula is C25H19N3O7. The van der Waals surface area contributed by atoms with Crippen molar-refractivity contribution in [1.82, 2.24) is 4.90 Å². The fourth-order valence-corrected chi connectivity index (χ4v) is 3.73. The van der Waals surface area contributed by atoms with Gasteiger partial charge >= 0.3 is 5.97 Å². The molecule has 10 heteroatoms. The van der Waals surface area contributed by atoms with E-state index in [1.54, 1.807) is 6.92 Å². The highest BCUT2D eigenvalue weighted by atomic mass is 16.6. The van der Waals surface area contributed by atoms with Crippen molar-refractivity contribution < 1.29 is 28.8 Å². The van der Waals surface area contributed by atoms with Crippen LogP contribution in [0.3, 0.4) is 0 Å². The van der Waals surface area contributed by atoms with Gasteiger partial charge in [-0.2, -0.15) is 0 Å². The molecule has 0 saturated carbocycles. The summed E-state index contributed by atoms with van der Waals surface area (Å²) in [6.45, 7) is 1.09. The van der Waals surface area contributed by atoms with E-state index in [0.717, 1.165) is 10.5 Å². The number of nitro groups is 1. The van der Waals surface area contributed by atoms with Crippen molar-refractivity contribution in [1.29, 1.82) is 0 Å². The Bertz CT molecular complexity index is 1350. The Morgan fingerprint density at radius 1 is 0.971 bits per heavy atom. The monoisotopic (exact) mass is 473 g/mol. The predicted octanol–water partition coefficient (Wildman–Crippen LogP) is 3.75. The summed E-state index contributed by atoms with van der Waals surface area (Å²) in [4.78, 5) is 61.8. The van der Waals surface area contributed by atoms with Crippen LogP contribution in [-0.2, 0) is 9.53 Å². The van der Waals surface area contributed by atoms with Crippen LogP contribution in [0.15, 0.2) is 72.8 Å². The molecule has 3 aromatic carbocycles. The molecule has 0 unspecified atom stereocenters. The van der Waals surface area contributed by atoms with Gasteiger partial charge in [-0.05, 0) is 36.8 Å². The van der Waals surface area contributed by atoms with E-state index in [1.807, 2.05) is 30.3 Å². The second-order valence-electron chi connectivity index (χ2n) is 7.76. The number of carbonyl (C=O) groups is 4. The number of carbonyl (C=O) groups excluding carboxylic acids is 4. The van der Waals surface area contributed by atoms with Gasteiger partial charge in [0.05, 0.1) is 27.7 Å². The van der Waals surface area contributed by atoms with Gasteiger partial charge in [-0.15, -0.1) is 0 Å². The topological polar surface area (TPSA) is 136 Å². The van der Waals surface area contributed by atoms with Gasteiger partial charge < -0.3 is 10.1 Å². The molecule has 1 heterocycles. The molecule has 35 heavy (non-hydrogen) atoms. The zero-order valence-corrected chi connectivity index (χ0v) is 18.5. The van der Waals surface area contributed by atoms with E-state index in [-0.39, 0.29) is 28.1 Å². The molecular weight excluding hydrogens is 454 g/mol. The smallest absolute Gasteiger partial charge is 0.338 e. The Labute approximate surface area is 199 Å². The quantitative estimate of drug-likeness (QED) is 0.239. The van der Waals surface area contributed by atoms with Crippen LogP contribution in [0.1, 0.15) is 49.6 Å². The number of nitrogens with zero attached hydrogens (tertiary/aromatic N) is 2. The second-order valence-corrected chi connectivity index (χ2v) is 7.76. The summed E-state index contributed by atoms with van der Waals surface area (Å²) in [6, 6.07) is 17.9. The van der Waals surface area contributed by atoms with Crippen LogP contribution >= 0.6 is 0 Å². The number of hydrogen-bond acceptors (Lipinski definition) is 7. The van der Waals surface area contributed by atoms with E-state index in [9.17, 15) is 29.3 Å². The Morgan fingerprint density at radius 2 is 1.69 bits per heavy atom. The van der Waals surface area contributed by atoms with E-state index in [4.69, 9.17) is 4.74 Å². The fourth-order valence-electron chi connectivity index (χ4n) is 3.73. The molecule has 0 spiro atoms. The van der Waals surface area contributed by atoms with Gasteiger partial charge in [0.1, 0.15) is 0 Å². The van der Waals surface area contributed by atoms with Gasteiger partial charge in [0.2, 0.25) is 0 Å². The largest absolute Gasteiger partial charge is 0.452 e. The summed E-state index contributed by atoms with van der Waals surface area (Å²) in [5.41, 5.74) is 1.02. The first-order valence-electron chi connectivity index (χ1n) is 10.5. The molecule has 4 rings (SSSR count). The molecule has 0 fully saturated rings. The van der Waals surface area contributed by atoms with Gasteiger partial charge in [-0.3, -0.25) is 29.4 Å². The SMILES string of the molecule is C[C@H](c1ccccc1)N1C(=O)c2ccc(C(=O)OCC(=O)Nc3cccc([N+](=O)[O-])c3)cc2C1=O. The number of ether oxygens (including phenoxy) is 1. The fraction of sp³-hybridized carbons (Fsp3) is 0.120. The van der Waals surface area contributed by atoms with Crippen LogP contribution in [0, 0.1) is 10.1 Å². The van der Waals surface area contributed by atoms with Crippen LogP contribution in [0.4, 0.5) is 11.4 Å². The highest BCUT2D eigenvalue weighted by Crippen LogP contribution is 2.31. The number of nitro benzene ring substituents is 1. The van der Waals surface area contributed by atoms with E-state index in [0.29, 0.717) is 0 Å². The first-order chi connectivity index (χ1) is 16.8. The molecule has 0 saturated heterocycles. The molecule has 0 aliphatic carbocycles. The van der Waals surface area contributed by atoms with E-state index in [1.165, 1.54) is 42.5 Å². The van der Waals surface area contributed by atoms with Crippen LogP contribution in [-0.4, -0.2) is 40.1 Å². The number of anilines is 1. The van der Waals surface area contributed by atoms with Crippen molar-refractivity contribution in [3.8, 4) is 0 Å². The molecule has 176 valence electrons. The van der Waals surface area contributed by atoms with E-state index in [2.05, 4.69) is 5.32 Å². The summed E-state index contributed by atoms with van der Waals surface area (Å²) in [7, 11) is 0. The van der Waals surface area contributed by atoms with Crippen molar-refractivity contribution in [3.05, 3.63) is 105 Å². The number of imide groups is 1. The van der Waals surface area contributed by atoms with Crippen LogP contribution < -0.4 is 5.32 Å². The maximum Gasteiger partial charge on any atom is 0.338 e. The third kappa shape index (κ3) is 4.76. The maximum absolute atomic E-state index is 13.0. The molecule has 1 N–H and O–H groups in total. The minimum Gasteiger partial charge on any atom is -0.452 e. The van der Waals surface area contributed by atoms with Crippen molar-refractivity contribution in [3.63, 3.8) is 0 Å². The van der Waals surface area contributed by atoms with Gasteiger partial charge in [0.25, 0.3) is 23.4 Å². The summed E-state index contributed by atoms with van der Waals surface area (Å²) >= 11 is 0. The molecule has 3 amide bonds. The molecule has 3 aromatic rings. The zero-order chi connectivity index (χ0) is 25.1. The summed E-state index contributed by atoms with van der Waals surface area (Å²) in [5, 5.41) is 13.2. The second kappa shape index (κ2) is 9.56. The van der Waals surface area contributed by atoms with E-state index >= 15 is 0 Å².